The Hall–Kier alpha value is -0.860. The van der Waals surface area contributed by atoms with Crippen LogP contribution in [0.2, 0.25) is 0 Å². The summed E-state index contributed by atoms with van der Waals surface area (Å²) < 4.78 is 0. The highest BCUT2D eigenvalue weighted by Gasteiger charge is 2.23. The topological polar surface area (TPSA) is 46.2 Å². The van der Waals surface area contributed by atoms with Crippen LogP contribution in [0.1, 0.15) is 68.6 Å². The fourth-order valence-electron chi connectivity index (χ4n) is 3.62. The highest BCUT2D eigenvalue weighted by Crippen LogP contribution is 2.28. The van der Waals surface area contributed by atoms with Crippen LogP contribution in [0.4, 0.5) is 0 Å². The molecule has 2 nitrogen and oxygen atoms in total. The largest absolute Gasteiger partial charge is 0.395 e. The fourth-order valence-corrected chi connectivity index (χ4v) is 3.62. The summed E-state index contributed by atoms with van der Waals surface area (Å²) in [6.45, 7) is 2.38. The number of rotatable bonds is 9. The smallest absolute Gasteiger partial charge is 0.0585 e. The van der Waals surface area contributed by atoms with Crippen molar-refractivity contribution in [3.05, 3.63) is 34.9 Å². The molecule has 0 saturated carbocycles. The summed E-state index contributed by atoms with van der Waals surface area (Å²) in [5.74, 6) is 0.446. The van der Waals surface area contributed by atoms with Crippen LogP contribution in [0, 0.1) is 5.92 Å². The third-order valence-electron chi connectivity index (χ3n) is 5.17. The average Bonchev–Trinajstić information content (AvgIpc) is 2.56. The Morgan fingerprint density at radius 1 is 1.14 bits per heavy atom. The molecule has 0 aromatic heterocycles. The minimum Gasteiger partial charge on any atom is -0.395 e. The number of aliphatic hydroxyl groups excluding tert-OH is 1. The first-order chi connectivity index (χ1) is 10.7. The molecule has 1 aromatic rings. The van der Waals surface area contributed by atoms with Gasteiger partial charge in [0.1, 0.15) is 0 Å². The molecule has 1 aliphatic carbocycles. The zero-order valence-corrected chi connectivity index (χ0v) is 14.2. The standard InChI is InChI=1S/C20H33NO/c1-2-3-4-5-6-7-8-16-9-10-18-14-19(20(21)15-22)12-11-17(18)13-16/h9-10,13,19-20,22H,2-8,11-12,14-15,21H2,1H3/t19-,20-/m0/s1. The molecule has 0 bridgehead atoms. The highest BCUT2D eigenvalue weighted by molar-refractivity contribution is 5.34. The third-order valence-corrected chi connectivity index (χ3v) is 5.17. The van der Waals surface area contributed by atoms with E-state index in [9.17, 15) is 5.11 Å². The summed E-state index contributed by atoms with van der Waals surface area (Å²) in [6, 6.07) is 6.97. The monoisotopic (exact) mass is 303 g/mol. The Labute approximate surface area is 136 Å². The average molecular weight is 303 g/mol. The lowest BCUT2D eigenvalue weighted by Crippen LogP contribution is -2.36. The first-order valence-corrected chi connectivity index (χ1v) is 9.21. The van der Waals surface area contributed by atoms with E-state index in [2.05, 4.69) is 25.1 Å². The molecule has 0 fully saturated rings. The van der Waals surface area contributed by atoms with Crippen LogP contribution in [0.3, 0.4) is 0 Å². The summed E-state index contributed by atoms with van der Waals surface area (Å²) in [7, 11) is 0. The maximum Gasteiger partial charge on any atom is 0.0585 e. The molecule has 0 aliphatic heterocycles. The Balaban J connectivity index is 1.80. The van der Waals surface area contributed by atoms with Gasteiger partial charge in [0.2, 0.25) is 0 Å². The summed E-state index contributed by atoms with van der Waals surface area (Å²) in [6.07, 6.45) is 12.7. The van der Waals surface area contributed by atoms with Gasteiger partial charge in [0, 0.05) is 6.04 Å². The maximum absolute atomic E-state index is 9.23. The number of hydrogen-bond acceptors (Lipinski definition) is 2. The lowest BCUT2D eigenvalue weighted by atomic mass is 9.79. The number of benzene rings is 1. The second-order valence-electron chi connectivity index (χ2n) is 6.97. The summed E-state index contributed by atoms with van der Waals surface area (Å²) >= 11 is 0. The molecule has 2 heteroatoms. The molecule has 124 valence electrons. The molecule has 0 spiro atoms. The minimum absolute atomic E-state index is 0.0593. The number of nitrogens with two attached hydrogens (primary N) is 1. The summed E-state index contributed by atoms with van der Waals surface area (Å²) in [5, 5.41) is 9.23. The number of unbranched alkanes of at least 4 members (excludes halogenated alkanes) is 5. The molecular weight excluding hydrogens is 270 g/mol. The molecule has 1 aromatic carbocycles. The van der Waals surface area contributed by atoms with Gasteiger partial charge in [-0.2, -0.15) is 0 Å². The molecule has 2 atom stereocenters. The van der Waals surface area contributed by atoms with E-state index in [1.54, 1.807) is 0 Å². The fraction of sp³-hybridized carbons (Fsp3) is 0.700. The van der Waals surface area contributed by atoms with Gasteiger partial charge in [-0.25, -0.2) is 0 Å². The molecule has 2 rings (SSSR count). The van der Waals surface area contributed by atoms with E-state index in [0.717, 1.165) is 19.3 Å². The summed E-state index contributed by atoms with van der Waals surface area (Å²) in [4.78, 5) is 0. The molecular formula is C20H33NO. The molecule has 1 aliphatic rings. The summed E-state index contributed by atoms with van der Waals surface area (Å²) in [5.41, 5.74) is 10.5. The zero-order valence-electron chi connectivity index (χ0n) is 14.2. The Morgan fingerprint density at radius 2 is 1.91 bits per heavy atom. The van der Waals surface area contributed by atoms with Crippen LogP contribution in [-0.4, -0.2) is 17.8 Å². The van der Waals surface area contributed by atoms with Crippen molar-refractivity contribution in [1.82, 2.24) is 0 Å². The first-order valence-electron chi connectivity index (χ1n) is 9.21. The van der Waals surface area contributed by atoms with Crippen molar-refractivity contribution in [2.45, 2.75) is 77.2 Å². The Morgan fingerprint density at radius 3 is 2.68 bits per heavy atom. The lowest BCUT2D eigenvalue weighted by molar-refractivity contribution is 0.216. The van der Waals surface area contributed by atoms with Crippen molar-refractivity contribution in [1.29, 1.82) is 0 Å². The van der Waals surface area contributed by atoms with E-state index in [0.29, 0.717) is 5.92 Å². The Kier molecular flexibility index (Phi) is 7.41. The normalized spacial score (nSPS) is 19.0. The van der Waals surface area contributed by atoms with Crippen molar-refractivity contribution in [2.75, 3.05) is 6.61 Å². The van der Waals surface area contributed by atoms with Crippen LogP contribution in [-0.2, 0) is 19.3 Å². The molecule has 22 heavy (non-hydrogen) atoms. The zero-order chi connectivity index (χ0) is 15.8. The molecule has 0 heterocycles. The van der Waals surface area contributed by atoms with Crippen molar-refractivity contribution < 1.29 is 5.11 Å². The van der Waals surface area contributed by atoms with Crippen LogP contribution < -0.4 is 5.73 Å². The van der Waals surface area contributed by atoms with E-state index in [1.165, 1.54) is 61.6 Å². The van der Waals surface area contributed by atoms with Crippen LogP contribution in [0.5, 0.6) is 0 Å². The van der Waals surface area contributed by atoms with E-state index in [4.69, 9.17) is 5.73 Å². The van der Waals surface area contributed by atoms with E-state index < -0.39 is 0 Å². The number of hydrogen-bond donors (Lipinski definition) is 2. The molecule has 0 amide bonds. The first kappa shape index (κ1) is 17.5. The van der Waals surface area contributed by atoms with Gasteiger partial charge in [0.15, 0.2) is 0 Å². The predicted octanol–water partition coefficient (Wildman–Crippen LogP) is 4.01. The van der Waals surface area contributed by atoms with Crippen molar-refractivity contribution in [2.24, 2.45) is 11.7 Å². The van der Waals surface area contributed by atoms with Gasteiger partial charge in [0.05, 0.1) is 6.61 Å². The van der Waals surface area contributed by atoms with Crippen molar-refractivity contribution in [3.63, 3.8) is 0 Å². The van der Waals surface area contributed by atoms with E-state index in [-0.39, 0.29) is 12.6 Å². The SMILES string of the molecule is CCCCCCCCc1ccc2c(c1)CC[C@H]([C@@H](N)CO)C2. The Bertz CT molecular complexity index is 443. The van der Waals surface area contributed by atoms with Gasteiger partial charge in [-0.3, -0.25) is 0 Å². The number of aryl methyl sites for hydroxylation is 2. The van der Waals surface area contributed by atoms with Crippen molar-refractivity contribution in [3.8, 4) is 0 Å². The van der Waals surface area contributed by atoms with Gasteiger partial charge in [-0.1, -0.05) is 57.2 Å². The van der Waals surface area contributed by atoms with Crippen LogP contribution in [0.25, 0.3) is 0 Å². The van der Waals surface area contributed by atoms with Crippen molar-refractivity contribution >= 4 is 0 Å². The minimum atomic E-state index is -0.0593. The molecule has 3 N–H and O–H groups in total. The molecule has 0 saturated heterocycles. The second-order valence-corrected chi connectivity index (χ2v) is 6.97. The quantitative estimate of drug-likeness (QED) is 0.677. The van der Waals surface area contributed by atoms with Gasteiger partial charge in [-0.05, 0) is 54.7 Å². The second kappa shape index (κ2) is 9.32. The highest BCUT2D eigenvalue weighted by atomic mass is 16.3. The molecule has 0 radical (unpaired) electrons. The van der Waals surface area contributed by atoms with E-state index >= 15 is 0 Å². The predicted molar refractivity (Wildman–Crippen MR) is 94.1 cm³/mol. The van der Waals surface area contributed by atoms with Crippen LogP contribution >= 0.6 is 0 Å². The van der Waals surface area contributed by atoms with Gasteiger partial charge < -0.3 is 10.8 Å². The maximum atomic E-state index is 9.23. The van der Waals surface area contributed by atoms with Crippen LogP contribution in [0.15, 0.2) is 18.2 Å². The lowest BCUT2D eigenvalue weighted by Gasteiger charge is -2.28. The third kappa shape index (κ3) is 5.10. The van der Waals surface area contributed by atoms with Gasteiger partial charge in [-0.15, -0.1) is 0 Å². The van der Waals surface area contributed by atoms with Gasteiger partial charge >= 0.3 is 0 Å². The van der Waals surface area contributed by atoms with E-state index in [1.807, 2.05) is 0 Å². The van der Waals surface area contributed by atoms with Gasteiger partial charge in [0.25, 0.3) is 0 Å². The molecule has 0 unspecified atom stereocenters. The number of aliphatic hydroxyl groups is 1. The number of fused-ring (bicyclic) bond motifs is 1.